The van der Waals surface area contributed by atoms with Crippen molar-refractivity contribution in [2.45, 2.75) is 6.92 Å². The summed E-state index contributed by atoms with van der Waals surface area (Å²) < 4.78 is 14.6. The van der Waals surface area contributed by atoms with Crippen LogP contribution in [-0.4, -0.2) is 68.9 Å². The maximum absolute atomic E-state index is 14.6. The SMILES string of the molecule is C=N/C=C\C=C(/C)c1cnc2[nH]nc(-c3nc4c(-c5cc(F)cc(NCCN(C)C)c5)cncc4[nH]3)c2c1. The minimum absolute atomic E-state index is 0.332. The third kappa shape index (κ3) is 5.21. The molecule has 5 aromatic rings. The first-order chi connectivity index (χ1) is 18.4. The lowest BCUT2D eigenvalue weighted by molar-refractivity contribution is 0.425. The van der Waals surface area contributed by atoms with E-state index in [9.17, 15) is 4.39 Å². The van der Waals surface area contributed by atoms with Gasteiger partial charge in [0.15, 0.2) is 11.5 Å². The fourth-order valence-electron chi connectivity index (χ4n) is 4.17. The minimum Gasteiger partial charge on any atom is -0.384 e. The molecule has 0 saturated heterocycles. The van der Waals surface area contributed by atoms with E-state index in [1.807, 2.05) is 45.3 Å². The molecule has 0 saturated carbocycles. The molecule has 0 radical (unpaired) electrons. The van der Waals surface area contributed by atoms with E-state index in [1.54, 1.807) is 24.8 Å². The van der Waals surface area contributed by atoms with E-state index in [4.69, 9.17) is 4.98 Å². The summed E-state index contributed by atoms with van der Waals surface area (Å²) in [6.45, 7) is 6.98. The molecule has 5 rings (SSSR count). The zero-order valence-corrected chi connectivity index (χ0v) is 21.5. The van der Waals surface area contributed by atoms with Gasteiger partial charge in [-0.3, -0.25) is 15.1 Å². The van der Waals surface area contributed by atoms with E-state index in [1.165, 1.54) is 12.1 Å². The third-order valence-electron chi connectivity index (χ3n) is 6.12. The Bertz CT molecular complexity index is 1680. The lowest BCUT2D eigenvalue weighted by atomic mass is 10.1. The average Bonchev–Trinajstić information content (AvgIpc) is 3.51. The average molecular weight is 510 g/mol. The van der Waals surface area contributed by atoms with E-state index >= 15 is 0 Å². The number of hydrogen-bond acceptors (Lipinski definition) is 7. The van der Waals surface area contributed by atoms with Crippen molar-refractivity contribution in [3.05, 3.63) is 72.6 Å². The molecule has 9 nitrogen and oxygen atoms in total. The van der Waals surface area contributed by atoms with Crippen molar-refractivity contribution in [1.29, 1.82) is 0 Å². The molecule has 0 aliphatic heterocycles. The fraction of sp³-hybridized carbons (Fsp3) is 0.179. The van der Waals surface area contributed by atoms with E-state index in [0.29, 0.717) is 40.5 Å². The van der Waals surface area contributed by atoms with Crippen LogP contribution in [0.25, 0.3) is 50.3 Å². The first kappa shape index (κ1) is 25.0. The number of aliphatic imine (C=N–C) groups is 1. The van der Waals surface area contributed by atoms with Crippen LogP contribution in [0.4, 0.5) is 10.1 Å². The number of pyridine rings is 2. The topological polar surface area (TPSA) is 111 Å². The van der Waals surface area contributed by atoms with Crippen LogP contribution < -0.4 is 5.32 Å². The van der Waals surface area contributed by atoms with Crippen molar-refractivity contribution in [3.8, 4) is 22.6 Å². The molecule has 0 amide bonds. The van der Waals surface area contributed by atoms with Gasteiger partial charge < -0.3 is 15.2 Å². The van der Waals surface area contributed by atoms with Crippen LogP contribution in [0.3, 0.4) is 0 Å². The molecule has 0 unspecified atom stereocenters. The van der Waals surface area contributed by atoms with Crippen molar-refractivity contribution in [3.63, 3.8) is 0 Å². The largest absolute Gasteiger partial charge is 0.384 e. The molecule has 4 heterocycles. The highest BCUT2D eigenvalue weighted by Crippen LogP contribution is 2.32. The van der Waals surface area contributed by atoms with Crippen molar-refractivity contribution in [2.75, 3.05) is 32.5 Å². The Morgan fingerprint density at radius 3 is 2.87 bits per heavy atom. The molecule has 0 bridgehead atoms. The van der Waals surface area contributed by atoms with Gasteiger partial charge in [0.2, 0.25) is 0 Å². The molecule has 10 heteroatoms. The number of likely N-dealkylation sites (N-methyl/N-ethyl adjacent to an activating group) is 1. The van der Waals surface area contributed by atoms with Crippen LogP contribution in [0.2, 0.25) is 0 Å². The van der Waals surface area contributed by atoms with Gasteiger partial charge in [-0.2, -0.15) is 5.10 Å². The zero-order chi connectivity index (χ0) is 26.6. The molecule has 0 aliphatic rings. The molecular formula is C28H28FN9. The molecule has 38 heavy (non-hydrogen) atoms. The van der Waals surface area contributed by atoms with Gasteiger partial charge in [-0.1, -0.05) is 6.08 Å². The molecule has 4 aromatic heterocycles. The molecule has 0 aliphatic carbocycles. The molecule has 1 aromatic carbocycles. The Kier molecular flexibility index (Phi) is 7.05. The number of aromatic amines is 2. The van der Waals surface area contributed by atoms with Crippen molar-refractivity contribution >= 4 is 40.0 Å². The van der Waals surface area contributed by atoms with E-state index in [-0.39, 0.29) is 5.82 Å². The van der Waals surface area contributed by atoms with Crippen LogP contribution in [0, 0.1) is 5.82 Å². The predicted molar refractivity (Wildman–Crippen MR) is 152 cm³/mol. The summed E-state index contributed by atoms with van der Waals surface area (Å²) in [7, 11) is 3.99. The van der Waals surface area contributed by atoms with Gasteiger partial charge in [0.05, 0.1) is 22.6 Å². The molecular weight excluding hydrogens is 481 g/mol. The first-order valence-corrected chi connectivity index (χ1v) is 12.1. The van der Waals surface area contributed by atoms with Crippen LogP contribution in [-0.2, 0) is 0 Å². The van der Waals surface area contributed by atoms with E-state index < -0.39 is 0 Å². The second kappa shape index (κ2) is 10.7. The number of nitrogens with one attached hydrogen (secondary N) is 3. The number of H-pyrrole nitrogens is 2. The van der Waals surface area contributed by atoms with E-state index in [0.717, 1.165) is 34.1 Å². The number of halogens is 1. The van der Waals surface area contributed by atoms with Gasteiger partial charge in [-0.15, -0.1) is 0 Å². The standard InChI is InChI=1S/C28H28FN9/c1-17(6-5-7-30-2)19-12-22-26(36-37-27(22)33-14-19)28-34-24-16-31-15-23(25(24)35-28)18-10-20(29)13-21(11-18)32-8-9-38(3)4/h5-7,10-16,32H,2,8-9H2,1,3-4H3,(H,34,35)(H,33,36,37)/b7-5-,17-6+. The fourth-order valence-corrected chi connectivity index (χ4v) is 4.17. The van der Waals surface area contributed by atoms with Crippen molar-refractivity contribution in [1.82, 2.24) is 35.0 Å². The number of rotatable bonds is 9. The normalized spacial score (nSPS) is 12.3. The Morgan fingerprint density at radius 2 is 2.05 bits per heavy atom. The summed E-state index contributed by atoms with van der Waals surface area (Å²) in [4.78, 5) is 22.9. The van der Waals surface area contributed by atoms with Gasteiger partial charge >= 0.3 is 0 Å². The maximum Gasteiger partial charge on any atom is 0.159 e. The zero-order valence-electron chi connectivity index (χ0n) is 21.5. The van der Waals surface area contributed by atoms with Crippen molar-refractivity contribution < 1.29 is 4.39 Å². The van der Waals surface area contributed by atoms with Gasteiger partial charge in [0, 0.05) is 42.9 Å². The number of nitrogens with zero attached hydrogens (tertiary/aromatic N) is 6. The van der Waals surface area contributed by atoms with Crippen LogP contribution in [0.1, 0.15) is 12.5 Å². The minimum atomic E-state index is -0.332. The number of allylic oxidation sites excluding steroid dienone is 3. The Morgan fingerprint density at radius 1 is 1.18 bits per heavy atom. The van der Waals surface area contributed by atoms with Crippen LogP contribution >= 0.6 is 0 Å². The van der Waals surface area contributed by atoms with Crippen LogP contribution in [0.5, 0.6) is 0 Å². The van der Waals surface area contributed by atoms with Gasteiger partial charge in [-0.25, -0.2) is 14.4 Å². The monoisotopic (exact) mass is 509 g/mol. The highest BCUT2D eigenvalue weighted by Gasteiger charge is 2.17. The Balaban J connectivity index is 1.54. The summed E-state index contributed by atoms with van der Waals surface area (Å²) in [5.41, 5.74) is 6.77. The summed E-state index contributed by atoms with van der Waals surface area (Å²) in [6, 6.07) is 6.92. The smallest absolute Gasteiger partial charge is 0.159 e. The van der Waals surface area contributed by atoms with Crippen molar-refractivity contribution in [2.24, 2.45) is 4.99 Å². The Hall–Kier alpha value is -4.70. The third-order valence-corrected chi connectivity index (χ3v) is 6.12. The second-order valence-corrected chi connectivity index (χ2v) is 9.19. The van der Waals surface area contributed by atoms with Gasteiger partial charge in [0.25, 0.3) is 0 Å². The number of hydrogen-bond donors (Lipinski definition) is 3. The number of aromatic nitrogens is 6. The van der Waals surface area contributed by atoms with E-state index in [2.05, 4.69) is 47.1 Å². The quantitative estimate of drug-likeness (QED) is 0.184. The first-order valence-electron chi connectivity index (χ1n) is 12.1. The highest BCUT2D eigenvalue weighted by molar-refractivity contribution is 5.96. The highest BCUT2D eigenvalue weighted by atomic mass is 19.1. The maximum atomic E-state index is 14.6. The number of benzene rings is 1. The van der Waals surface area contributed by atoms with Crippen LogP contribution in [0.15, 0.2) is 66.2 Å². The number of fused-ring (bicyclic) bond motifs is 2. The number of anilines is 1. The van der Waals surface area contributed by atoms with Gasteiger partial charge in [-0.05, 0) is 74.8 Å². The predicted octanol–water partition coefficient (Wildman–Crippen LogP) is 5.29. The summed E-state index contributed by atoms with van der Waals surface area (Å²) in [6.07, 6.45) is 10.6. The lowest BCUT2D eigenvalue weighted by Crippen LogP contribution is -2.20. The number of imidazole rings is 1. The molecule has 0 fully saturated rings. The molecule has 0 atom stereocenters. The molecule has 3 N–H and O–H groups in total. The summed E-state index contributed by atoms with van der Waals surface area (Å²) in [5.74, 6) is 0.235. The lowest BCUT2D eigenvalue weighted by Gasteiger charge is -2.12. The van der Waals surface area contributed by atoms with Gasteiger partial charge in [0.1, 0.15) is 11.5 Å². The molecule has 0 spiro atoms. The Labute approximate surface area is 219 Å². The summed E-state index contributed by atoms with van der Waals surface area (Å²) in [5, 5.41) is 11.6. The molecule has 192 valence electrons. The summed E-state index contributed by atoms with van der Waals surface area (Å²) >= 11 is 0. The second-order valence-electron chi connectivity index (χ2n) is 9.19.